The summed E-state index contributed by atoms with van der Waals surface area (Å²) in [4.78, 5) is 23.4. The van der Waals surface area contributed by atoms with Gasteiger partial charge in [0.1, 0.15) is 13.2 Å². The van der Waals surface area contributed by atoms with Crippen molar-refractivity contribution < 1.29 is 19.1 Å². The van der Waals surface area contributed by atoms with E-state index in [1.165, 1.54) is 17.2 Å². The van der Waals surface area contributed by atoms with Crippen molar-refractivity contribution in [3.05, 3.63) is 41.0 Å². The third-order valence-corrected chi connectivity index (χ3v) is 3.94. The van der Waals surface area contributed by atoms with Crippen LogP contribution >= 0.6 is 0 Å². The Morgan fingerprint density at radius 1 is 1.09 bits per heavy atom. The molecule has 0 aliphatic rings. The molecule has 4 heteroatoms. The minimum Gasteiger partial charge on any atom is -0.462 e. The predicted octanol–water partition coefficient (Wildman–Crippen LogP) is 3.84. The average molecular weight is 318 g/mol. The van der Waals surface area contributed by atoms with E-state index in [2.05, 4.69) is 0 Å². The largest absolute Gasteiger partial charge is 0.462 e. The molecule has 0 fully saturated rings. The Kier molecular flexibility index (Phi) is 7.01. The highest BCUT2D eigenvalue weighted by molar-refractivity contribution is 5.87. The second-order valence-electron chi connectivity index (χ2n) is 6.22. The van der Waals surface area contributed by atoms with Crippen LogP contribution in [0.5, 0.6) is 0 Å². The zero-order valence-corrected chi connectivity index (χ0v) is 14.6. The molecular formula is C19H26O4. The summed E-state index contributed by atoms with van der Waals surface area (Å²) in [6.07, 6.45) is 3.78. The molecule has 1 rings (SSSR count). The molecule has 0 aromatic heterocycles. The molecular weight excluding hydrogens is 292 g/mol. The van der Waals surface area contributed by atoms with Gasteiger partial charge >= 0.3 is 11.9 Å². The molecule has 0 unspecified atom stereocenters. The summed E-state index contributed by atoms with van der Waals surface area (Å²) in [5.74, 6) is -0.726. The second-order valence-corrected chi connectivity index (χ2v) is 6.22. The number of carbonyl (C=O) groups excluding carboxylic acids is 2. The zero-order chi connectivity index (χ0) is 17.5. The van der Waals surface area contributed by atoms with E-state index in [4.69, 9.17) is 9.47 Å². The Bertz CT molecular complexity index is 585. The average Bonchev–Trinajstić information content (AvgIpc) is 2.52. The van der Waals surface area contributed by atoms with Gasteiger partial charge in [0.15, 0.2) is 0 Å². The fraction of sp³-hybridized carbons (Fsp3) is 0.474. The number of hydrogen-bond acceptors (Lipinski definition) is 4. The molecule has 4 nitrogen and oxygen atoms in total. The summed E-state index contributed by atoms with van der Waals surface area (Å²) >= 11 is 0. The van der Waals surface area contributed by atoms with Gasteiger partial charge < -0.3 is 9.47 Å². The molecule has 0 spiro atoms. The molecule has 0 aliphatic carbocycles. The fourth-order valence-corrected chi connectivity index (χ4v) is 1.70. The monoisotopic (exact) mass is 318 g/mol. The Hall–Kier alpha value is -2.10. The maximum atomic E-state index is 11.7. The number of aryl methyl sites for hydroxylation is 2. The number of rotatable bonds is 7. The number of carbonyl (C=O) groups is 2. The smallest absolute Gasteiger partial charge is 0.330 e. The van der Waals surface area contributed by atoms with Gasteiger partial charge in [0.25, 0.3) is 0 Å². The first-order valence-corrected chi connectivity index (χ1v) is 7.85. The van der Waals surface area contributed by atoms with E-state index in [0.717, 1.165) is 5.56 Å². The van der Waals surface area contributed by atoms with Crippen molar-refractivity contribution in [1.29, 1.82) is 0 Å². The van der Waals surface area contributed by atoms with Gasteiger partial charge in [-0.05, 0) is 56.9 Å². The topological polar surface area (TPSA) is 52.6 Å². The van der Waals surface area contributed by atoms with Crippen LogP contribution in [0.1, 0.15) is 43.9 Å². The minimum absolute atomic E-state index is 0.0572. The molecule has 0 N–H and O–H groups in total. The summed E-state index contributed by atoms with van der Waals surface area (Å²) in [7, 11) is 0. The lowest BCUT2D eigenvalue weighted by Gasteiger charge is -2.20. The van der Waals surface area contributed by atoms with Crippen LogP contribution in [0.2, 0.25) is 0 Å². The number of ether oxygens (including phenoxy) is 2. The molecule has 126 valence electrons. The standard InChI is InChI=1S/C19H26O4/c1-6-19(4,5)18(21)23-12-11-22-17(20)10-9-16-8-7-14(2)15(3)13-16/h7-10,13H,6,11-12H2,1-5H3/b10-9+. The first kappa shape index (κ1) is 18.9. The van der Waals surface area contributed by atoms with Crippen LogP contribution in [0, 0.1) is 19.3 Å². The van der Waals surface area contributed by atoms with Gasteiger partial charge in [0.05, 0.1) is 5.41 Å². The van der Waals surface area contributed by atoms with Crippen molar-refractivity contribution in [2.24, 2.45) is 5.41 Å². The highest BCUT2D eigenvalue weighted by Gasteiger charge is 2.26. The van der Waals surface area contributed by atoms with Gasteiger partial charge in [-0.3, -0.25) is 4.79 Å². The first-order valence-electron chi connectivity index (χ1n) is 7.85. The molecule has 0 aliphatic heterocycles. The Morgan fingerprint density at radius 2 is 1.74 bits per heavy atom. The van der Waals surface area contributed by atoms with E-state index in [1.807, 2.05) is 52.8 Å². The van der Waals surface area contributed by atoms with E-state index in [-0.39, 0.29) is 19.2 Å². The lowest BCUT2D eigenvalue weighted by atomic mass is 9.91. The molecule has 0 saturated heterocycles. The van der Waals surface area contributed by atoms with Crippen LogP contribution in [-0.4, -0.2) is 25.2 Å². The fourth-order valence-electron chi connectivity index (χ4n) is 1.70. The van der Waals surface area contributed by atoms with Crippen LogP contribution in [0.4, 0.5) is 0 Å². The second kappa shape index (κ2) is 8.51. The normalized spacial score (nSPS) is 11.5. The molecule has 0 radical (unpaired) electrons. The maximum Gasteiger partial charge on any atom is 0.330 e. The Labute approximate surface area is 138 Å². The van der Waals surface area contributed by atoms with Crippen LogP contribution in [0.25, 0.3) is 6.08 Å². The van der Waals surface area contributed by atoms with Crippen LogP contribution in [0.15, 0.2) is 24.3 Å². The third-order valence-electron chi connectivity index (χ3n) is 3.94. The lowest BCUT2D eigenvalue weighted by molar-refractivity contribution is -0.157. The van der Waals surface area contributed by atoms with Crippen molar-refractivity contribution in [1.82, 2.24) is 0 Å². The Morgan fingerprint density at radius 3 is 2.35 bits per heavy atom. The number of benzene rings is 1. The lowest BCUT2D eigenvalue weighted by Crippen LogP contribution is -2.27. The number of hydrogen-bond donors (Lipinski definition) is 0. The van der Waals surface area contributed by atoms with Crippen molar-refractivity contribution in [2.75, 3.05) is 13.2 Å². The highest BCUT2D eigenvalue weighted by atomic mass is 16.6. The van der Waals surface area contributed by atoms with Crippen molar-refractivity contribution in [2.45, 2.75) is 41.0 Å². The van der Waals surface area contributed by atoms with Crippen molar-refractivity contribution >= 4 is 18.0 Å². The van der Waals surface area contributed by atoms with Gasteiger partial charge in [0.2, 0.25) is 0 Å². The van der Waals surface area contributed by atoms with E-state index in [9.17, 15) is 9.59 Å². The molecule has 1 aromatic carbocycles. The molecule has 0 atom stereocenters. The highest BCUT2D eigenvalue weighted by Crippen LogP contribution is 2.21. The molecule has 0 saturated carbocycles. The van der Waals surface area contributed by atoms with E-state index in [0.29, 0.717) is 6.42 Å². The van der Waals surface area contributed by atoms with E-state index >= 15 is 0 Å². The van der Waals surface area contributed by atoms with Gasteiger partial charge in [-0.15, -0.1) is 0 Å². The third kappa shape index (κ3) is 6.27. The van der Waals surface area contributed by atoms with Gasteiger partial charge in [-0.25, -0.2) is 4.79 Å². The summed E-state index contributed by atoms with van der Waals surface area (Å²) < 4.78 is 10.1. The summed E-state index contributed by atoms with van der Waals surface area (Å²) in [5, 5.41) is 0. The van der Waals surface area contributed by atoms with Gasteiger partial charge in [-0.1, -0.05) is 25.1 Å². The minimum atomic E-state index is -0.507. The molecule has 1 aromatic rings. The van der Waals surface area contributed by atoms with Crippen LogP contribution in [0.3, 0.4) is 0 Å². The van der Waals surface area contributed by atoms with Crippen LogP contribution < -0.4 is 0 Å². The maximum absolute atomic E-state index is 11.7. The van der Waals surface area contributed by atoms with Gasteiger partial charge in [-0.2, -0.15) is 0 Å². The summed E-state index contributed by atoms with van der Waals surface area (Å²) in [6.45, 7) is 9.78. The van der Waals surface area contributed by atoms with Crippen molar-refractivity contribution in [3.63, 3.8) is 0 Å². The predicted molar refractivity (Wildman–Crippen MR) is 90.9 cm³/mol. The van der Waals surface area contributed by atoms with Crippen LogP contribution in [-0.2, 0) is 19.1 Å². The SMILES string of the molecule is CCC(C)(C)C(=O)OCCOC(=O)/C=C/c1ccc(C)c(C)c1. The molecule has 0 bridgehead atoms. The zero-order valence-electron chi connectivity index (χ0n) is 14.6. The van der Waals surface area contributed by atoms with E-state index in [1.54, 1.807) is 6.08 Å². The Balaban J connectivity index is 2.36. The first-order chi connectivity index (χ1) is 10.8. The summed E-state index contributed by atoms with van der Waals surface area (Å²) in [5.41, 5.74) is 2.82. The quantitative estimate of drug-likeness (QED) is 0.435. The molecule has 0 heterocycles. The van der Waals surface area contributed by atoms with E-state index < -0.39 is 11.4 Å². The van der Waals surface area contributed by atoms with Gasteiger partial charge in [0, 0.05) is 6.08 Å². The van der Waals surface area contributed by atoms with Crippen molar-refractivity contribution in [3.8, 4) is 0 Å². The molecule has 0 amide bonds. The summed E-state index contributed by atoms with van der Waals surface area (Å²) in [6, 6.07) is 5.96. The number of esters is 2. The molecule has 23 heavy (non-hydrogen) atoms.